The molecular formula is C23H21N3O. The molecule has 0 bridgehead atoms. The van der Waals surface area contributed by atoms with E-state index in [0.717, 1.165) is 46.6 Å². The summed E-state index contributed by atoms with van der Waals surface area (Å²) < 4.78 is 5.25. The molecule has 0 fully saturated rings. The van der Waals surface area contributed by atoms with Crippen molar-refractivity contribution in [2.24, 2.45) is 0 Å². The van der Waals surface area contributed by atoms with E-state index in [-0.39, 0.29) is 0 Å². The average Bonchev–Trinajstić information content (AvgIpc) is 2.75. The average molecular weight is 355 g/mol. The number of ether oxygens (including phenoxy) is 1. The van der Waals surface area contributed by atoms with Crippen molar-refractivity contribution >= 4 is 16.6 Å². The van der Waals surface area contributed by atoms with Crippen molar-refractivity contribution in [3.8, 4) is 17.0 Å². The molecule has 1 N–H and O–H groups in total. The quantitative estimate of drug-likeness (QED) is 0.531. The monoisotopic (exact) mass is 355 g/mol. The highest BCUT2D eigenvalue weighted by Gasteiger charge is 2.10. The molecule has 0 saturated carbocycles. The van der Waals surface area contributed by atoms with Crippen LogP contribution in [0, 0.1) is 0 Å². The van der Waals surface area contributed by atoms with Gasteiger partial charge in [-0.1, -0.05) is 54.6 Å². The number of fused-ring (bicyclic) bond motifs is 1. The van der Waals surface area contributed by atoms with Gasteiger partial charge in [0.05, 0.1) is 7.11 Å². The Morgan fingerprint density at radius 1 is 0.778 bits per heavy atom. The van der Waals surface area contributed by atoms with Crippen LogP contribution < -0.4 is 10.1 Å². The van der Waals surface area contributed by atoms with Gasteiger partial charge >= 0.3 is 0 Å². The fraction of sp³-hybridized carbons (Fsp3) is 0.130. The van der Waals surface area contributed by atoms with E-state index in [0.29, 0.717) is 0 Å². The van der Waals surface area contributed by atoms with Gasteiger partial charge in [-0.2, -0.15) is 0 Å². The summed E-state index contributed by atoms with van der Waals surface area (Å²) in [7, 11) is 1.67. The summed E-state index contributed by atoms with van der Waals surface area (Å²) in [4.78, 5) is 0. The molecule has 27 heavy (non-hydrogen) atoms. The third-order valence-electron chi connectivity index (χ3n) is 4.60. The Balaban J connectivity index is 1.61. The Morgan fingerprint density at radius 2 is 1.48 bits per heavy atom. The lowest BCUT2D eigenvalue weighted by atomic mass is 10.0. The van der Waals surface area contributed by atoms with Crippen LogP contribution in [0.5, 0.6) is 5.75 Å². The Labute approximate surface area is 158 Å². The predicted molar refractivity (Wildman–Crippen MR) is 110 cm³/mol. The van der Waals surface area contributed by atoms with Gasteiger partial charge in [0.1, 0.15) is 11.4 Å². The summed E-state index contributed by atoms with van der Waals surface area (Å²) in [5.41, 5.74) is 3.20. The van der Waals surface area contributed by atoms with Crippen molar-refractivity contribution in [3.63, 3.8) is 0 Å². The second kappa shape index (κ2) is 7.87. The molecule has 0 aliphatic heterocycles. The molecule has 0 radical (unpaired) electrons. The molecule has 0 amide bonds. The first-order chi connectivity index (χ1) is 13.3. The Bertz CT molecular complexity index is 1030. The zero-order valence-electron chi connectivity index (χ0n) is 15.2. The smallest absolute Gasteiger partial charge is 0.156 e. The third kappa shape index (κ3) is 3.75. The number of aromatic nitrogens is 2. The molecule has 0 saturated heterocycles. The van der Waals surface area contributed by atoms with Crippen molar-refractivity contribution < 1.29 is 4.74 Å². The summed E-state index contributed by atoms with van der Waals surface area (Å²) in [6, 6.07) is 26.6. The van der Waals surface area contributed by atoms with Crippen molar-refractivity contribution in [2.45, 2.75) is 6.42 Å². The maximum absolute atomic E-state index is 5.25. The van der Waals surface area contributed by atoms with Crippen LogP contribution in [0.2, 0.25) is 0 Å². The normalized spacial score (nSPS) is 10.7. The molecule has 0 aliphatic carbocycles. The van der Waals surface area contributed by atoms with Gasteiger partial charge in [-0.05, 0) is 36.2 Å². The number of anilines is 1. The van der Waals surface area contributed by atoms with E-state index in [1.807, 2.05) is 42.5 Å². The van der Waals surface area contributed by atoms with Crippen LogP contribution in [0.25, 0.3) is 22.0 Å². The van der Waals surface area contributed by atoms with E-state index in [1.165, 1.54) is 5.56 Å². The van der Waals surface area contributed by atoms with E-state index in [1.54, 1.807) is 7.11 Å². The van der Waals surface area contributed by atoms with Crippen molar-refractivity contribution in [2.75, 3.05) is 19.0 Å². The van der Waals surface area contributed by atoms with E-state index in [9.17, 15) is 0 Å². The molecule has 4 heteroatoms. The first kappa shape index (κ1) is 17.0. The SMILES string of the molecule is COc1ccc(-c2nnc(NCCc3ccccc3)c3ccccc23)cc1. The van der Waals surface area contributed by atoms with Gasteiger partial charge in [0.15, 0.2) is 5.82 Å². The van der Waals surface area contributed by atoms with Crippen LogP contribution in [0.1, 0.15) is 5.56 Å². The van der Waals surface area contributed by atoms with Gasteiger partial charge in [-0.15, -0.1) is 10.2 Å². The number of rotatable bonds is 6. The molecule has 0 unspecified atom stereocenters. The highest BCUT2D eigenvalue weighted by molar-refractivity contribution is 6.00. The van der Waals surface area contributed by atoms with Crippen LogP contribution in [-0.2, 0) is 6.42 Å². The molecule has 3 aromatic carbocycles. The Hall–Kier alpha value is -3.40. The molecule has 134 valence electrons. The minimum atomic E-state index is 0.810. The summed E-state index contributed by atoms with van der Waals surface area (Å²) in [6.45, 7) is 0.810. The zero-order valence-corrected chi connectivity index (χ0v) is 15.2. The second-order valence-corrected chi connectivity index (χ2v) is 6.33. The van der Waals surface area contributed by atoms with E-state index >= 15 is 0 Å². The van der Waals surface area contributed by atoms with Gasteiger partial charge in [0.2, 0.25) is 0 Å². The lowest BCUT2D eigenvalue weighted by Gasteiger charge is -2.11. The molecule has 0 aliphatic rings. The van der Waals surface area contributed by atoms with Crippen LogP contribution in [-0.4, -0.2) is 23.9 Å². The van der Waals surface area contributed by atoms with Gasteiger partial charge < -0.3 is 10.1 Å². The molecular weight excluding hydrogens is 334 g/mol. The number of hydrogen-bond donors (Lipinski definition) is 1. The van der Waals surface area contributed by atoms with Gasteiger partial charge in [-0.3, -0.25) is 0 Å². The molecule has 1 aromatic heterocycles. The zero-order chi connectivity index (χ0) is 18.5. The molecule has 4 nitrogen and oxygen atoms in total. The topological polar surface area (TPSA) is 47.0 Å². The molecule has 0 spiro atoms. The third-order valence-corrected chi connectivity index (χ3v) is 4.60. The summed E-state index contributed by atoms with van der Waals surface area (Å²) in [6.07, 6.45) is 0.942. The van der Waals surface area contributed by atoms with E-state index in [2.05, 4.69) is 51.9 Å². The number of methoxy groups -OCH3 is 1. The summed E-state index contributed by atoms with van der Waals surface area (Å²) >= 11 is 0. The number of nitrogens with one attached hydrogen (secondary N) is 1. The van der Waals surface area contributed by atoms with Gasteiger partial charge in [-0.25, -0.2) is 0 Å². The predicted octanol–water partition coefficient (Wildman–Crippen LogP) is 4.96. The first-order valence-corrected chi connectivity index (χ1v) is 9.03. The number of benzene rings is 3. The maximum atomic E-state index is 5.25. The summed E-state index contributed by atoms with van der Waals surface area (Å²) in [5, 5.41) is 14.6. The van der Waals surface area contributed by atoms with Gasteiger partial charge in [0.25, 0.3) is 0 Å². The van der Waals surface area contributed by atoms with Crippen LogP contribution in [0.3, 0.4) is 0 Å². The Kier molecular flexibility index (Phi) is 4.97. The van der Waals surface area contributed by atoms with Crippen LogP contribution in [0.4, 0.5) is 5.82 Å². The lowest BCUT2D eigenvalue weighted by Crippen LogP contribution is -2.08. The van der Waals surface area contributed by atoms with Crippen molar-refractivity contribution in [3.05, 3.63) is 84.4 Å². The minimum Gasteiger partial charge on any atom is -0.497 e. The minimum absolute atomic E-state index is 0.810. The van der Waals surface area contributed by atoms with Crippen LogP contribution >= 0.6 is 0 Å². The molecule has 0 atom stereocenters. The largest absolute Gasteiger partial charge is 0.497 e. The molecule has 1 heterocycles. The highest BCUT2D eigenvalue weighted by Crippen LogP contribution is 2.30. The van der Waals surface area contributed by atoms with Crippen molar-refractivity contribution in [1.29, 1.82) is 0 Å². The first-order valence-electron chi connectivity index (χ1n) is 9.03. The number of nitrogens with zero attached hydrogens (tertiary/aromatic N) is 2. The molecule has 4 rings (SSSR count). The maximum Gasteiger partial charge on any atom is 0.156 e. The van der Waals surface area contributed by atoms with E-state index in [4.69, 9.17) is 4.74 Å². The fourth-order valence-electron chi connectivity index (χ4n) is 3.17. The number of hydrogen-bond acceptors (Lipinski definition) is 4. The standard InChI is InChI=1S/C23H21N3O/c1-27-19-13-11-18(12-14-19)22-20-9-5-6-10-21(20)23(26-25-22)24-16-15-17-7-3-2-4-8-17/h2-14H,15-16H2,1H3,(H,24,26). The highest BCUT2D eigenvalue weighted by atomic mass is 16.5. The second-order valence-electron chi connectivity index (χ2n) is 6.33. The summed E-state index contributed by atoms with van der Waals surface area (Å²) in [5.74, 6) is 1.65. The Morgan fingerprint density at radius 3 is 2.22 bits per heavy atom. The van der Waals surface area contributed by atoms with Crippen LogP contribution in [0.15, 0.2) is 78.9 Å². The lowest BCUT2D eigenvalue weighted by molar-refractivity contribution is 0.415. The fourth-order valence-corrected chi connectivity index (χ4v) is 3.17. The molecule has 4 aromatic rings. The van der Waals surface area contributed by atoms with Gasteiger partial charge in [0, 0.05) is 22.9 Å². The van der Waals surface area contributed by atoms with Crippen molar-refractivity contribution in [1.82, 2.24) is 10.2 Å². The van der Waals surface area contributed by atoms with E-state index < -0.39 is 0 Å².